The second kappa shape index (κ2) is 5.16. The Morgan fingerprint density at radius 3 is 2.81 bits per heavy atom. The molecule has 0 unspecified atom stereocenters. The molecule has 3 N–H and O–H groups in total. The third-order valence-electron chi connectivity index (χ3n) is 3.08. The molecular formula is C15H13N3O3. The SMILES string of the molecule is COC(=O)c1cccc(Nc2nc3ccccc3[nH]2)c1O. The number of H-pyrrole nitrogens is 1. The average Bonchev–Trinajstić information content (AvgIpc) is 2.91. The molecule has 0 aliphatic heterocycles. The van der Waals surface area contributed by atoms with E-state index in [0.29, 0.717) is 11.6 Å². The van der Waals surface area contributed by atoms with Gasteiger partial charge < -0.3 is 20.1 Å². The van der Waals surface area contributed by atoms with Crippen molar-refractivity contribution in [1.82, 2.24) is 9.97 Å². The van der Waals surface area contributed by atoms with Gasteiger partial charge in [-0.15, -0.1) is 0 Å². The van der Waals surface area contributed by atoms with Crippen LogP contribution in [0, 0.1) is 0 Å². The number of esters is 1. The highest BCUT2D eigenvalue weighted by molar-refractivity contribution is 5.95. The maximum atomic E-state index is 11.5. The summed E-state index contributed by atoms with van der Waals surface area (Å²) in [5, 5.41) is 13.1. The van der Waals surface area contributed by atoms with Gasteiger partial charge >= 0.3 is 5.97 Å². The Kier molecular flexibility index (Phi) is 3.19. The van der Waals surface area contributed by atoms with Gasteiger partial charge in [0.1, 0.15) is 5.56 Å². The Morgan fingerprint density at radius 2 is 2.05 bits per heavy atom. The largest absolute Gasteiger partial charge is 0.505 e. The van der Waals surface area contributed by atoms with Gasteiger partial charge in [-0.3, -0.25) is 0 Å². The number of anilines is 2. The number of aromatic nitrogens is 2. The highest BCUT2D eigenvalue weighted by Crippen LogP contribution is 2.30. The molecule has 0 aliphatic rings. The number of benzene rings is 2. The van der Waals surface area contributed by atoms with Gasteiger partial charge in [-0.2, -0.15) is 0 Å². The fourth-order valence-corrected chi connectivity index (χ4v) is 2.06. The summed E-state index contributed by atoms with van der Waals surface area (Å²) in [5.74, 6) is -0.293. The topological polar surface area (TPSA) is 87.2 Å². The monoisotopic (exact) mass is 283 g/mol. The van der Waals surface area contributed by atoms with Gasteiger partial charge in [0.15, 0.2) is 5.75 Å². The lowest BCUT2D eigenvalue weighted by molar-refractivity contribution is 0.0597. The van der Waals surface area contributed by atoms with E-state index < -0.39 is 5.97 Å². The van der Waals surface area contributed by atoms with E-state index in [4.69, 9.17) is 0 Å². The van der Waals surface area contributed by atoms with Crippen molar-refractivity contribution in [2.24, 2.45) is 0 Å². The second-order valence-electron chi connectivity index (χ2n) is 4.42. The van der Waals surface area contributed by atoms with Crippen molar-refractivity contribution in [3.05, 3.63) is 48.0 Å². The molecule has 0 radical (unpaired) electrons. The highest BCUT2D eigenvalue weighted by atomic mass is 16.5. The van der Waals surface area contributed by atoms with E-state index in [2.05, 4.69) is 20.0 Å². The van der Waals surface area contributed by atoms with Crippen LogP contribution in [0.15, 0.2) is 42.5 Å². The molecule has 0 atom stereocenters. The van der Waals surface area contributed by atoms with Crippen LogP contribution >= 0.6 is 0 Å². The molecule has 2 aromatic carbocycles. The first-order chi connectivity index (χ1) is 10.2. The molecule has 1 aromatic heterocycles. The zero-order valence-corrected chi connectivity index (χ0v) is 11.3. The number of aromatic hydroxyl groups is 1. The van der Waals surface area contributed by atoms with E-state index in [1.54, 1.807) is 12.1 Å². The molecule has 1 heterocycles. The number of para-hydroxylation sites is 3. The minimum atomic E-state index is -0.597. The summed E-state index contributed by atoms with van der Waals surface area (Å²) in [5.41, 5.74) is 2.16. The minimum Gasteiger partial charge on any atom is -0.505 e. The Hall–Kier alpha value is -3.02. The molecule has 106 valence electrons. The van der Waals surface area contributed by atoms with Crippen molar-refractivity contribution in [2.45, 2.75) is 0 Å². The predicted octanol–water partition coefficient (Wildman–Crippen LogP) is 2.80. The minimum absolute atomic E-state index is 0.0959. The highest BCUT2D eigenvalue weighted by Gasteiger charge is 2.15. The number of phenols is 1. The van der Waals surface area contributed by atoms with E-state index in [0.717, 1.165) is 11.0 Å². The molecule has 0 amide bonds. The van der Waals surface area contributed by atoms with E-state index in [-0.39, 0.29) is 11.3 Å². The molecule has 0 aliphatic carbocycles. The van der Waals surface area contributed by atoms with Crippen molar-refractivity contribution in [3.63, 3.8) is 0 Å². The number of nitrogens with zero attached hydrogens (tertiary/aromatic N) is 1. The van der Waals surface area contributed by atoms with Crippen molar-refractivity contribution in [3.8, 4) is 5.75 Å². The smallest absolute Gasteiger partial charge is 0.341 e. The molecule has 3 rings (SSSR count). The van der Waals surface area contributed by atoms with Crippen LogP contribution < -0.4 is 5.32 Å². The number of ether oxygens (including phenoxy) is 1. The fraction of sp³-hybridized carbons (Fsp3) is 0.0667. The third-order valence-corrected chi connectivity index (χ3v) is 3.08. The molecular weight excluding hydrogens is 270 g/mol. The molecule has 0 bridgehead atoms. The van der Waals surface area contributed by atoms with Gasteiger partial charge in [0.25, 0.3) is 0 Å². The molecule has 0 saturated carbocycles. The molecule has 6 heteroatoms. The number of methoxy groups -OCH3 is 1. The Balaban J connectivity index is 1.96. The summed E-state index contributed by atoms with van der Waals surface area (Å²) < 4.78 is 4.62. The lowest BCUT2D eigenvalue weighted by Gasteiger charge is -2.08. The van der Waals surface area contributed by atoms with Crippen LogP contribution in [0.25, 0.3) is 11.0 Å². The molecule has 0 saturated heterocycles. The van der Waals surface area contributed by atoms with Crippen molar-refractivity contribution in [1.29, 1.82) is 0 Å². The fourth-order valence-electron chi connectivity index (χ4n) is 2.06. The van der Waals surface area contributed by atoms with Crippen LogP contribution in [-0.2, 0) is 4.74 Å². The van der Waals surface area contributed by atoms with E-state index in [9.17, 15) is 9.90 Å². The first-order valence-electron chi connectivity index (χ1n) is 6.31. The lowest BCUT2D eigenvalue weighted by atomic mass is 10.1. The van der Waals surface area contributed by atoms with Crippen LogP contribution in [0.1, 0.15) is 10.4 Å². The summed E-state index contributed by atoms with van der Waals surface area (Å²) >= 11 is 0. The molecule has 0 spiro atoms. The second-order valence-corrected chi connectivity index (χ2v) is 4.42. The summed E-state index contributed by atoms with van der Waals surface area (Å²) in [6.07, 6.45) is 0. The summed E-state index contributed by atoms with van der Waals surface area (Å²) in [7, 11) is 1.27. The number of rotatable bonds is 3. The van der Waals surface area contributed by atoms with Crippen molar-refractivity contribution < 1.29 is 14.6 Å². The third kappa shape index (κ3) is 2.38. The van der Waals surface area contributed by atoms with Gasteiger partial charge in [0.05, 0.1) is 23.8 Å². The summed E-state index contributed by atoms with van der Waals surface area (Å²) in [6, 6.07) is 12.4. The van der Waals surface area contributed by atoms with Crippen LogP contribution in [0.5, 0.6) is 5.75 Å². The standard InChI is InChI=1S/C15H13N3O3/c1-21-14(20)9-5-4-8-12(13(9)19)18-15-16-10-6-2-3-7-11(10)17-15/h2-8,19H,1H3,(H2,16,17,18). The normalized spacial score (nSPS) is 10.5. The number of carbonyl (C=O) groups is 1. The first kappa shape index (κ1) is 13.0. The van der Waals surface area contributed by atoms with E-state index >= 15 is 0 Å². The Labute approximate surface area is 120 Å². The van der Waals surface area contributed by atoms with Gasteiger partial charge in [-0.1, -0.05) is 18.2 Å². The van der Waals surface area contributed by atoms with Crippen LogP contribution in [-0.4, -0.2) is 28.2 Å². The quantitative estimate of drug-likeness (QED) is 0.508. The van der Waals surface area contributed by atoms with Gasteiger partial charge in [-0.25, -0.2) is 9.78 Å². The number of phenolic OH excluding ortho intramolecular Hbond substituents is 1. The van der Waals surface area contributed by atoms with E-state index in [1.807, 2.05) is 24.3 Å². The molecule has 3 aromatic rings. The number of aromatic amines is 1. The zero-order valence-electron chi connectivity index (χ0n) is 11.3. The Bertz CT molecular complexity index is 778. The summed E-state index contributed by atoms with van der Waals surface area (Å²) in [4.78, 5) is 19.0. The van der Waals surface area contributed by atoms with Crippen LogP contribution in [0.2, 0.25) is 0 Å². The number of imidazole rings is 1. The zero-order chi connectivity index (χ0) is 14.8. The summed E-state index contributed by atoms with van der Waals surface area (Å²) in [6.45, 7) is 0. The number of hydrogen-bond acceptors (Lipinski definition) is 5. The average molecular weight is 283 g/mol. The number of hydrogen-bond donors (Lipinski definition) is 3. The van der Waals surface area contributed by atoms with Gasteiger partial charge in [0.2, 0.25) is 5.95 Å². The molecule has 0 fully saturated rings. The van der Waals surface area contributed by atoms with Crippen LogP contribution in [0.3, 0.4) is 0 Å². The maximum Gasteiger partial charge on any atom is 0.341 e. The lowest BCUT2D eigenvalue weighted by Crippen LogP contribution is -2.03. The molecule has 21 heavy (non-hydrogen) atoms. The van der Waals surface area contributed by atoms with Gasteiger partial charge in [-0.05, 0) is 24.3 Å². The first-order valence-corrected chi connectivity index (χ1v) is 6.31. The number of carbonyl (C=O) groups excluding carboxylic acids is 1. The van der Waals surface area contributed by atoms with Crippen LogP contribution in [0.4, 0.5) is 11.6 Å². The van der Waals surface area contributed by atoms with Crippen molar-refractivity contribution in [2.75, 3.05) is 12.4 Å². The number of fused-ring (bicyclic) bond motifs is 1. The van der Waals surface area contributed by atoms with E-state index in [1.165, 1.54) is 13.2 Å². The predicted molar refractivity (Wildman–Crippen MR) is 78.8 cm³/mol. The Morgan fingerprint density at radius 1 is 1.24 bits per heavy atom. The molecule has 6 nitrogen and oxygen atoms in total. The van der Waals surface area contributed by atoms with Crippen molar-refractivity contribution >= 4 is 28.6 Å². The number of nitrogens with one attached hydrogen (secondary N) is 2. The maximum absolute atomic E-state index is 11.5. The van der Waals surface area contributed by atoms with Gasteiger partial charge in [0, 0.05) is 0 Å².